The van der Waals surface area contributed by atoms with Gasteiger partial charge in [-0.15, -0.1) is 0 Å². The minimum atomic E-state index is -0.340. The van der Waals surface area contributed by atoms with Gasteiger partial charge >= 0.3 is 0 Å². The topological polar surface area (TPSA) is 69.5 Å². The van der Waals surface area contributed by atoms with Crippen LogP contribution in [0.15, 0.2) is 54.6 Å². The summed E-state index contributed by atoms with van der Waals surface area (Å²) >= 11 is 6.00. The van der Waals surface area contributed by atoms with Crippen LogP contribution < -0.4 is 4.90 Å². The maximum atomic E-state index is 9.87. The quantitative estimate of drug-likeness (QED) is 0.738. The highest BCUT2D eigenvalue weighted by molar-refractivity contribution is 6.30. The van der Waals surface area contributed by atoms with Gasteiger partial charge in [-0.3, -0.25) is 0 Å². The first-order valence-corrected chi connectivity index (χ1v) is 8.84. The summed E-state index contributed by atoms with van der Waals surface area (Å²) in [7, 11) is 0. The van der Waals surface area contributed by atoms with E-state index in [-0.39, 0.29) is 11.9 Å². The van der Waals surface area contributed by atoms with Crippen molar-refractivity contribution in [3.05, 3.63) is 59.6 Å². The van der Waals surface area contributed by atoms with Gasteiger partial charge < -0.3 is 15.1 Å². The van der Waals surface area contributed by atoms with Gasteiger partial charge in [0.1, 0.15) is 11.6 Å². The summed E-state index contributed by atoms with van der Waals surface area (Å²) in [6, 6.07) is 16.3. The number of hydrogen-bond donors (Lipinski definition) is 2. The highest BCUT2D eigenvalue weighted by Crippen LogP contribution is 2.29. The van der Waals surface area contributed by atoms with Crippen LogP contribution in [0.4, 0.5) is 5.82 Å². The summed E-state index contributed by atoms with van der Waals surface area (Å²) in [5.74, 6) is 1.46. The zero-order valence-corrected chi connectivity index (χ0v) is 14.8. The number of halogens is 1. The Bertz CT molecular complexity index is 931. The highest BCUT2D eigenvalue weighted by Gasteiger charge is 2.23. The molecule has 2 N–H and O–H groups in total. The molecule has 1 unspecified atom stereocenters. The Hall–Kier alpha value is -2.63. The molecule has 1 atom stereocenters. The van der Waals surface area contributed by atoms with Crippen LogP contribution in [0.3, 0.4) is 0 Å². The lowest BCUT2D eigenvalue weighted by atomic mass is 10.1. The van der Waals surface area contributed by atoms with Gasteiger partial charge in [-0.25, -0.2) is 9.97 Å². The summed E-state index contributed by atoms with van der Waals surface area (Å²) in [5, 5.41) is 20.3. The lowest BCUT2D eigenvalue weighted by Gasteiger charge is -2.18. The van der Waals surface area contributed by atoms with Gasteiger partial charge in [-0.1, -0.05) is 35.9 Å². The van der Waals surface area contributed by atoms with Crippen LogP contribution in [0.25, 0.3) is 22.6 Å². The number of aromatic hydroxyl groups is 1. The molecule has 1 saturated heterocycles. The molecule has 0 saturated carbocycles. The third kappa shape index (κ3) is 3.49. The Kier molecular flexibility index (Phi) is 4.49. The van der Waals surface area contributed by atoms with Gasteiger partial charge in [-0.05, 0) is 30.7 Å². The second-order valence-electron chi connectivity index (χ2n) is 6.38. The maximum Gasteiger partial charge on any atom is 0.162 e. The molecule has 132 valence electrons. The molecule has 1 fully saturated rings. The first-order chi connectivity index (χ1) is 12.6. The molecule has 5 nitrogen and oxygen atoms in total. The molecule has 1 aliphatic rings. The normalized spacial score (nSPS) is 16.8. The first kappa shape index (κ1) is 16.8. The number of anilines is 1. The Morgan fingerprint density at radius 3 is 2.50 bits per heavy atom. The van der Waals surface area contributed by atoms with Crippen LogP contribution in [-0.2, 0) is 0 Å². The molecule has 0 radical (unpaired) electrons. The predicted octanol–water partition coefficient (Wildman–Crippen LogP) is 3.74. The van der Waals surface area contributed by atoms with Crippen LogP contribution in [0.5, 0.6) is 5.75 Å². The standard InChI is InChI=1S/C20H18ClN3O2/c21-15-6-4-13(5-7-15)18-11-19(24-9-8-17(26)12-24)23-20(22-18)14-2-1-3-16(25)10-14/h1-7,10-11,17,25-26H,8-9,12H2. The average molecular weight is 368 g/mol. The van der Waals surface area contributed by atoms with E-state index in [1.807, 2.05) is 36.4 Å². The number of aliphatic hydroxyl groups excluding tert-OH is 1. The largest absolute Gasteiger partial charge is 0.508 e. The molecule has 0 spiro atoms. The van der Waals surface area contributed by atoms with E-state index < -0.39 is 0 Å². The lowest BCUT2D eigenvalue weighted by molar-refractivity contribution is 0.198. The first-order valence-electron chi connectivity index (χ1n) is 8.46. The van der Waals surface area contributed by atoms with Crippen LogP contribution in [-0.4, -0.2) is 39.4 Å². The molecule has 6 heteroatoms. The predicted molar refractivity (Wildman–Crippen MR) is 102 cm³/mol. The molecule has 0 amide bonds. The number of rotatable bonds is 3. The number of benzene rings is 2. The molecule has 2 heterocycles. The van der Waals surface area contributed by atoms with Crippen molar-refractivity contribution in [1.29, 1.82) is 0 Å². The Morgan fingerprint density at radius 2 is 1.81 bits per heavy atom. The van der Waals surface area contributed by atoms with E-state index in [1.54, 1.807) is 18.2 Å². The molecule has 0 aliphatic carbocycles. The molecule has 0 bridgehead atoms. The molecular formula is C20H18ClN3O2. The van der Waals surface area contributed by atoms with E-state index in [0.717, 1.165) is 35.6 Å². The number of phenolic OH excluding ortho intramolecular Hbond substituents is 1. The minimum Gasteiger partial charge on any atom is -0.508 e. The van der Waals surface area contributed by atoms with Gasteiger partial charge in [0.25, 0.3) is 0 Å². The zero-order valence-electron chi connectivity index (χ0n) is 14.0. The van der Waals surface area contributed by atoms with E-state index in [1.165, 1.54) is 0 Å². The van der Waals surface area contributed by atoms with Crippen molar-refractivity contribution in [1.82, 2.24) is 9.97 Å². The van der Waals surface area contributed by atoms with E-state index >= 15 is 0 Å². The highest BCUT2D eigenvalue weighted by atomic mass is 35.5. The molecule has 26 heavy (non-hydrogen) atoms. The van der Waals surface area contributed by atoms with Gasteiger partial charge in [0, 0.05) is 35.3 Å². The van der Waals surface area contributed by atoms with Gasteiger partial charge in [-0.2, -0.15) is 0 Å². The van der Waals surface area contributed by atoms with Gasteiger partial charge in [0.2, 0.25) is 0 Å². The van der Waals surface area contributed by atoms with E-state index in [4.69, 9.17) is 11.6 Å². The third-order valence-electron chi connectivity index (χ3n) is 4.44. The van der Waals surface area contributed by atoms with Crippen molar-refractivity contribution in [2.45, 2.75) is 12.5 Å². The van der Waals surface area contributed by atoms with Crippen molar-refractivity contribution in [3.63, 3.8) is 0 Å². The fourth-order valence-corrected chi connectivity index (χ4v) is 3.21. The molecule has 3 aromatic rings. The molecule has 1 aromatic heterocycles. The number of nitrogens with zero attached hydrogens (tertiary/aromatic N) is 3. The Morgan fingerprint density at radius 1 is 1.00 bits per heavy atom. The Balaban J connectivity index is 1.82. The number of β-amino-alcohol motifs (C(OH)–C–C–N with tert-alkyl or cyclic N) is 1. The summed E-state index contributed by atoms with van der Waals surface area (Å²) < 4.78 is 0. The maximum absolute atomic E-state index is 9.87. The lowest BCUT2D eigenvalue weighted by Crippen LogP contribution is -2.22. The van der Waals surface area contributed by atoms with Crippen molar-refractivity contribution >= 4 is 17.4 Å². The minimum absolute atomic E-state index is 0.168. The Labute approximate surface area is 156 Å². The van der Waals surface area contributed by atoms with Crippen LogP contribution in [0.1, 0.15) is 6.42 Å². The van der Waals surface area contributed by atoms with Gasteiger partial charge in [0.15, 0.2) is 5.82 Å². The fraction of sp³-hybridized carbons (Fsp3) is 0.200. The van der Waals surface area contributed by atoms with Crippen LogP contribution in [0, 0.1) is 0 Å². The summed E-state index contributed by atoms with van der Waals surface area (Å²) in [6.45, 7) is 1.30. The number of hydrogen-bond acceptors (Lipinski definition) is 5. The fourth-order valence-electron chi connectivity index (χ4n) is 3.09. The smallest absolute Gasteiger partial charge is 0.162 e. The zero-order chi connectivity index (χ0) is 18.1. The molecular weight excluding hydrogens is 350 g/mol. The summed E-state index contributed by atoms with van der Waals surface area (Å²) in [6.07, 6.45) is 0.384. The summed E-state index contributed by atoms with van der Waals surface area (Å²) in [5.41, 5.74) is 2.44. The number of aromatic nitrogens is 2. The van der Waals surface area contributed by atoms with E-state index in [9.17, 15) is 10.2 Å². The second-order valence-corrected chi connectivity index (χ2v) is 6.82. The monoisotopic (exact) mass is 367 g/mol. The number of aliphatic hydroxyl groups is 1. The summed E-state index contributed by atoms with van der Waals surface area (Å²) in [4.78, 5) is 11.4. The van der Waals surface area contributed by atoms with Crippen molar-refractivity contribution < 1.29 is 10.2 Å². The molecule has 2 aromatic carbocycles. The SMILES string of the molecule is Oc1cccc(-c2nc(-c3ccc(Cl)cc3)cc(N3CCC(O)C3)n2)c1. The van der Waals surface area contributed by atoms with Crippen molar-refractivity contribution in [2.24, 2.45) is 0 Å². The van der Waals surface area contributed by atoms with Gasteiger partial charge in [0.05, 0.1) is 11.8 Å². The molecule has 4 rings (SSSR count). The van der Waals surface area contributed by atoms with Crippen molar-refractivity contribution in [2.75, 3.05) is 18.0 Å². The van der Waals surface area contributed by atoms with Crippen LogP contribution in [0.2, 0.25) is 5.02 Å². The average Bonchev–Trinajstić information content (AvgIpc) is 3.08. The van der Waals surface area contributed by atoms with E-state index in [2.05, 4.69) is 14.9 Å². The third-order valence-corrected chi connectivity index (χ3v) is 4.70. The second kappa shape index (κ2) is 6.94. The van der Waals surface area contributed by atoms with E-state index in [0.29, 0.717) is 17.4 Å². The van der Waals surface area contributed by atoms with Crippen molar-refractivity contribution in [3.8, 4) is 28.4 Å². The van der Waals surface area contributed by atoms with Crippen LogP contribution >= 0.6 is 11.6 Å². The number of phenols is 1. The molecule has 1 aliphatic heterocycles.